The van der Waals surface area contributed by atoms with Gasteiger partial charge in [0.1, 0.15) is 0 Å². The lowest BCUT2D eigenvalue weighted by Crippen LogP contribution is -2.35. The van der Waals surface area contributed by atoms with Gasteiger partial charge in [-0.05, 0) is 48.5 Å². The van der Waals surface area contributed by atoms with Crippen molar-refractivity contribution in [1.82, 2.24) is 4.90 Å². The van der Waals surface area contributed by atoms with Crippen LogP contribution >= 0.6 is 0 Å². The number of carbonyl (C=O) groups excluding carboxylic acids is 2. The topological polar surface area (TPSA) is 95.6 Å². The molecule has 3 rings (SSSR count). The van der Waals surface area contributed by atoms with Gasteiger partial charge >= 0.3 is 6.18 Å². The van der Waals surface area contributed by atoms with Crippen molar-refractivity contribution in [3.8, 4) is 0 Å². The van der Waals surface area contributed by atoms with Gasteiger partial charge in [0.15, 0.2) is 0 Å². The van der Waals surface area contributed by atoms with Crippen LogP contribution in [0.15, 0.2) is 83.8 Å². The molecule has 0 aliphatic carbocycles. The normalized spacial score (nSPS) is 11.5. The average Bonchev–Trinajstić information content (AvgIpc) is 2.78. The molecule has 0 fully saturated rings. The van der Waals surface area contributed by atoms with Crippen molar-refractivity contribution in [1.29, 1.82) is 0 Å². The first kappa shape index (κ1) is 24.8. The van der Waals surface area contributed by atoms with E-state index in [4.69, 9.17) is 0 Å². The van der Waals surface area contributed by atoms with Crippen molar-refractivity contribution >= 4 is 33.2 Å². The lowest BCUT2D eigenvalue weighted by atomic mass is 10.1. The van der Waals surface area contributed by atoms with E-state index in [2.05, 4.69) is 10.0 Å². The number of hydrogen-bond donors (Lipinski definition) is 2. The predicted molar refractivity (Wildman–Crippen MR) is 121 cm³/mol. The largest absolute Gasteiger partial charge is 0.418 e. The highest BCUT2D eigenvalue weighted by molar-refractivity contribution is 7.92. The molecule has 34 heavy (non-hydrogen) atoms. The number of halogens is 3. The van der Waals surface area contributed by atoms with Crippen LogP contribution in [0.3, 0.4) is 0 Å². The first-order valence-corrected chi connectivity index (χ1v) is 11.3. The number of sulfonamides is 1. The van der Waals surface area contributed by atoms with Gasteiger partial charge in [-0.15, -0.1) is 0 Å². The Morgan fingerprint density at radius 3 is 2.09 bits per heavy atom. The fraction of sp³-hybridized carbons (Fsp3) is 0.130. The van der Waals surface area contributed by atoms with Gasteiger partial charge in [-0.1, -0.05) is 30.3 Å². The van der Waals surface area contributed by atoms with Gasteiger partial charge in [0.25, 0.3) is 15.9 Å². The van der Waals surface area contributed by atoms with Crippen molar-refractivity contribution in [2.75, 3.05) is 23.6 Å². The highest BCUT2D eigenvalue weighted by Crippen LogP contribution is 2.34. The first-order valence-electron chi connectivity index (χ1n) is 9.87. The van der Waals surface area contributed by atoms with Gasteiger partial charge in [-0.2, -0.15) is 13.2 Å². The molecule has 11 heteroatoms. The summed E-state index contributed by atoms with van der Waals surface area (Å²) in [5.74, 6) is -1.43. The Kier molecular flexibility index (Phi) is 7.26. The second-order valence-corrected chi connectivity index (χ2v) is 8.93. The van der Waals surface area contributed by atoms with Gasteiger partial charge < -0.3 is 10.2 Å². The maximum atomic E-state index is 13.1. The van der Waals surface area contributed by atoms with E-state index in [9.17, 15) is 31.2 Å². The van der Waals surface area contributed by atoms with Gasteiger partial charge in [0, 0.05) is 18.3 Å². The number of amides is 2. The molecule has 2 amide bonds. The summed E-state index contributed by atoms with van der Waals surface area (Å²) in [4.78, 5) is 25.8. The molecule has 0 aromatic heterocycles. The Bertz CT molecular complexity index is 1280. The molecule has 0 heterocycles. The van der Waals surface area contributed by atoms with Crippen LogP contribution in [0, 0.1) is 0 Å². The van der Waals surface area contributed by atoms with Crippen LogP contribution in [0.4, 0.5) is 24.5 Å². The predicted octanol–water partition coefficient (Wildman–Crippen LogP) is 4.22. The van der Waals surface area contributed by atoms with Crippen molar-refractivity contribution < 1.29 is 31.2 Å². The third-order valence-electron chi connectivity index (χ3n) is 4.67. The summed E-state index contributed by atoms with van der Waals surface area (Å²) in [5.41, 5.74) is -0.940. The summed E-state index contributed by atoms with van der Waals surface area (Å²) in [6.45, 7) is -0.513. The number of para-hydroxylation sites is 2. The number of anilines is 2. The smallest absolute Gasteiger partial charge is 0.332 e. The lowest BCUT2D eigenvalue weighted by Gasteiger charge is -2.18. The van der Waals surface area contributed by atoms with Crippen LogP contribution in [0.1, 0.15) is 15.9 Å². The standard InChI is InChI=1S/C23H20F3N3O4S/c1-29(15-21(30)27-20-10-6-5-9-19(20)23(24,25)26)22(31)16-11-13-18(14-12-16)34(32,33)28-17-7-3-2-4-8-17/h2-14,28H,15H2,1H3,(H,27,30). The SMILES string of the molecule is CN(CC(=O)Nc1ccccc1C(F)(F)F)C(=O)c1ccc(S(=O)(=O)Nc2ccccc2)cc1. The Hall–Kier alpha value is -3.86. The van der Waals surface area contributed by atoms with E-state index < -0.39 is 45.8 Å². The molecule has 3 aromatic rings. The van der Waals surface area contributed by atoms with Crippen molar-refractivity contribution in [2.24, 2.45) is 0 Å². The quantitative estimate of drug-likeness (QED) is 0.518. The third-order valence-corrected chi connectivity index (χ3v) is 6.07. The van der Waals surface area contributed by atoms with Gasteiger partial charge in [0.2, 0.25) is 5.91 Å². The van der Waals surface area contributed by atoms with E-state index in [1.807, 2.05) is 0 Å². The number of carbonyl (C=O) groups is 2. The molecule has 0 saturated carbocycles. The van der Waals surface area contributed by atoms with Crippen LogP contribution in [0.5, 0.6) is 0 Å². The van der Waals surface area contributed by atoms with E-state index in [1.165, 1.54) is 43.4 Å². The van der Waals surface area contributed by atoms with E-state index >= 15 is 0 Å². The summed E-state index contributed by atoms with van der Waals surface area (Å²) < 4.78 is 66.7. The fourth-order valence-corrected chi connectivity index (χ4v) is 4.09. The molecule has 0 unspecified atom stereocenters. The summed E-state index contributed by atoms with van der Waals surface area (Å²) in [5, 5.41) is 2.17. The highest BCUT2D eigenvalue weighted by atomic mass is 32.2. The fourth-order valence-electron chi connectivity index (χ4n) is 3.03. The molecule has 0 radical (unpaired) electrons. The van der Waals surface area contributed by atoms with Gasteiger partial charge in [-0.3, -0.25) is 14.3 Å². The summed E-state index contributed by atoms with van der Waals surface area (Å²) in [7, 11) is -2.57. The Labute approximate surface area is 194 Å². The van der Waals surface area contributed by atoms with Gasteiger partial charge in [-0.25, -0.2) is 8.42 Å². The number of nitrogens with zero attached hydrogens (tertiary/aromatic N) is 1. The highest BCUT2D eigenvalue weighted by Gasteiger charge is 2.33. The number of hydrogen-bond acceptors (Lipinski definition) is 4. The monoisotopic (exact) mass is 491 g/mol. The van der Waals surface area contributed by atoms with E-state index in [0.29, 0.717) is 5.69 Å². The van der Waals surface area contributed by atoms with Crippen molar-refractivity contribution in [3.05, 3.63) is 90.0 Å². The molecule has 0 aliphatic heterocycles. The summed E-state index contributed by atoms with van der Waals surface area (Å²) >= 11 is 0. The number of rotatable bonds is 7. The molecular formula is C23H20F3N3O4S. The number of alkyl halides is 3. The Balaban J connectivity index is 1.65. The van der Waals surface area contributed by atoms with E-state index in [-0.39, 0.29) is 10.5 Å². The van der Waals surface area contributed by atoms with Crippen LogP contribution in [-0.2, 0) is 21.0 Å². The zero-order valence-electron chi connectivity index (χ0n) is 17.8. The second-order valence-electron chi connectivity index (χ2n) is 7.25. The maximum absolute atomic E-state index is 13.1. The van der Waals surface area contributed by atoms with Crippen LogP contribution < -0.4 is 10.0 Å². The zero-order chi connectivity index (χ0) is 24.9. The molecule has 2 N–H and O–H groups in total. The average molecular weight is 491 g/mol. The summed E-state index contributed by atoms with van der Waals surface area (Å²) in [6, 6.07) is 17.8. The molecule has 0 spiro atoms. The molecule has 7 nitrogen and oxygen atoms in total. The van der Waals surface area contributed by atoms with Crippen LogP contribution in [0.25, 0.3) is 0 Å². The Morgan fingerprint density at radius 2 is 1.47 bits per heavy atom. The second kappa shape index (κ2) is 9.96. The van der Waals surface area contributed by atoms with E-state index in [0.717, 1.165) is 17.0 Å². The van der Waals surface area contributed by atoms with Gasteiger partial charge in [0.05, 0.1) is 22.7 Å². The molecular weight excluding hydrogens is 471 g/mol. The minimum absolute atomic E-state index is 0.0722. The first-order chi connectivity index (χ1) is 16.0. The van der Waals surface area contributed by atoms with Crippen LogP contribution in [0.2, 0.25) is 0 Å². The molecule has 3 aromatic carbocycles. The minimum Gasteiger partial charge on any atom is -0.332 e. The summed E-state index contributed by atoms with van der Waals surface area (Å²) in [6.07, 6.45) is -4.65. The van der Waals surface area contributed by atoms with Crippen molar-refractivity contribution in [2.45, 2.75) is 11.1 Å². The lowest BCUT2D eigenvalue weighted by molar-refractivity contribution is -0.137. The van der Waals surface area contributed by atoms with Crippen LogP contribution in [-0.4, -0.2) is 38.7 Å². The number of nitrogens with one attached hydrogen (secondary N) is 2. The van der Waals surface area contributed by atoms with Crippen molar-refractivity contribution in [3.63, 3.8) is 0 Å². The number of likely N-dealkylation sites (N-methyl/N-ethyl adjacent to an activating group) is 1. The molecule has 0 atom stereocenters. The number of benzene rings is 3. The Morgan fingerprint density at radius 1 is 0.882 bits per heavy atom. The molecule has 178 valence electrons. The minimum atomic E-state index is -4.65. The molecule has 0 bridgehead atoms. The third kappa shape index (κ3) is 6.13. The maximum Gasteiger partial charge on any atom is 0.418 e. The molecule has 0 aliphatic rings. The zero-order valence-corrected chi connectivity index (χ0v) is 18.7. The molecule has 0 saturated heterocycles. The van der Waals surface area contributed by atoms with E-state index in [1.54, 1.807) is 30.3 Å².